The number of thioether (sulfide) groups is 1. The van der Waals surface area contributed by atoms with E-state index in [1.54, 1.807) is 18.7 Å². The molecule has 1 aliphatic heterocycles. The van der Waals surface area contributed by atoms with Gasteiger partial charge in [-0.1, -0.05) is 136 Å². The van der Waals surface area contributed by atoms with E-state index in [9.17, 15) is 9.59 Å². The van der Waals surface area contributed by atoms with Gasteiger partial charge in [-0.05, 0) is 53.0 Å². The van der Waals surface area contributed by atoms with Crippen molar-refractivity contribution in [1.82, 2.24) is 4.90 Å². The van der Waals surface area contributed by atoms with Crippen LogP contribution in [0.3, 0.4) is 0 Å². The van der Waals surface area contributed by atoms with Gasteiger partial charge in [0.1, 0.15) is 4.87 Å². The fourth-order valence-corrected chi connectivity index (χ4v) is 12.9. The SMILES string of the molecule is C=CCC1(Sc2ccccc2)c2ccccc2C(=O)N1CC[C@@H](C=CC(=O)OCC)O[Si](c1ccccc1)(c1ccccc1)C(C)(C)C. The summed E-state index contributed by atoms with van der Waals surface area (Å²) in [6.45, 7) is 13.3. The zero-order valence-electron chi connectivity index (χ0n) is 28.3. The van der Waals surface area contributed by atoms with Gasteiger partial charge in [0.2, 0.25) is 0 Å². The van der Waals surface area contributed by atoms with E-state index >= 15 is 0 Å². The van der Waals surface area contributed by atoms with E-state index in [0.29, 0.717) is 24.9 Å². The van der Waals surface area contributed by atoms with Crippen molar-refractivity contribution in [2.45, 2.75) is 61.4 Å². The molecule has 5 rings (SSSR count). The van der Waals surface area contributed by atoms with Gasteiger partial charge in [-0.3, -0.25) is 4.79 Å². The Labute approximate surface area is 290 Å². The van der Waals surface area contributed by atoms with E-state index in [1.807, 2.05) is 65.6 Å². The molecular formula is C41H45NO4SSi. The molecule has 48 heavy (non-hydrogen) atoms. The summed E-state index contributed by atoms with van der Waals surface area (Å²) < 4.78 is 12.8. The number of hydrogen-bond acceptors (Lipinski definition) is 5. The lowest BCUT2D eigenvalue weighted by atomic mass is 10.0. The normalized spacial score (nSPS) is 16.9. The first-order chi connectivity index (χ1) is 23.2. The van der Waals surface area contributed by atoms with Crippen LogP contribution in [-0.4, -0.2) is 44.3 Å². The van der Waals surface area contributed by atoms with Gasteiger partial charge in [0.25, 0.3) is 14.2 Å². The molecule has 0 N–H and O–H groups in total. The molecular weight excluding hydrogens is 631 g/mol. The van der Waals surface area contributed by atoms with Crippen molar-refractivity contribution < 1.29 is 18.8 Å². The molecule has 0 saturated heterocycles. The van der Waals surface area contributed by atoms with Crippen molar-refractivity contribution in [3.8, 4) is 0 Å². The van der Waals surface area contributed by atoms with E-state index in [4.69, 9.17) is 9.16 Å². The average Bonchev–Trinajstić information content (AvgIpc) is 3.31. The van der Waals surface area contributed by atoms with Crippen LogP contribution in [0, 0.1) is 0 Å². The molecule has 0 fully saturated rings. The lowest BCUT2D eigenvalue weighted by Gasteiger charge is -2.45. The van der Waals surface area contributed by atoms with Crippen molar-refractivity contribution in [2.24, 2.45) is 0 Å². The fourth-order valence-electron chi connectivity index (χ4n) is 6.74. The van der Waals surface area contributed by atoms with Crippen LogP contribution in [0.1, 0.15) is 56.5 Å². The van der Waals surface area contributed by atoms with E-state index in [-0.39, 0.29) is 17.6 Å². The molecule has 248 valence electrons. The second-order valence-electron chi connectivity index (χ2n) is 12.9. The summed E-state index contributed by atoms with van der Waals surface area (Å²) in [4.78, 5) is 29.3. The maximum Gasteiger partial charge on any atom is 0.330 e. The van der Waals surface area contributed by atoms with Crippen LogP contribution in [0.5, 0.6) is 0 Å². The Hall–Kier alpha value is -4.17. The van der Waals surface area contributed by atoms with Crippen LogP contribution in [0.25, 0.3) is 0 Å². The van der Waals surface area contributed by atoms with Crippen LogP contribution in [0.15, 0.2) is 145 Å². The van der Waals surface area contributed by atoms with Gasteiger partial charge in [-0.25, -0.2) is 4.79 Å². The highest BCUT2D eigenvalue weighted by Gasteiger charge is 2.52. The molecule has 1 amide bonds. The van der Waals surface area contributed by atoms with Crippen LogP contribution in [-0.2, 0) is 18.8 Å². The highest BCUT2D eigenvalue weighted by molar-refractivity contribution is 8.00. The minimum atomic E-state index is -3.00. The molecule has 0 spiro atoms. The third-order valence-electron chi connectivity index (χ3n) is 8.83. The lowest BCUT2D eigenvalue weighted by Crippen LogP contribution is -2.67. The Morgan fingerprint density at radius 1 is 0.896 bits per heavy atom. The number of nitrogens with zero attached hydrogens (tertiary/aromatic N) is 1. The monoisotopic (exact) mass is 675 g/mol. The van der Waals surface area contributed by atoms with Gasteiger partial charge in [0, 0.05) is 35.1 Å². The Balaban J connectivity index is 1.59. The molecule has 1 unspecified atom stereocenters. The minimum Gasteiger partial charge on any atom is -0.463 e. The second-order valence-corrected chi connectivity index (χ2v) is 18.5. The molecule has 4 aromatic rings. The highest BCUT2D eigenvalue weighted by atomic mass is 32.2. The Kier molecular flexibility index (Phi) is 11.3. The van der Waals surface area contributed by atoms with Crippen LogP contribution in [0.4, 0.5) is 0 Å². The number of amides is 1. The summed E-state index contributed by atoms with van der Waals surface area (Å²) in [5.74, 6) is -0.437. The number of fused-ring (bicyclic) bond motifs is 1. The Bertz CT molecular complexity index is 1680. The summed E-state index contributed by atoms with van der Waals surface area (Å²) >= 11 is 1.68. The zero-order chi connectivity index (χ0) is 34.2. The smallest absolute Gasteiger partial charge is 0.330 e. The predicted molar refractivity (Wildman–Crippen MR) is 199 cm³/mol. The largest absolute Gasteiger partial charge is 0.463 e. The molecule has 1 heterocycles. The molecule has 0 saturated carbocycles. The van der Waals surface area contributed by atoms with Gasteiger partial charge >= 0.3 is 5.97 Å². The molecule has 0 radical (unpaired) electrons. The van der Waals surface area contributed by atoms with Crippen LogP contribution >= 0.6 is 11.8 Å². The average molecular weight is 676 g/mol. The summed E-state index contributed by atoms with van der Waals surface area (Å²) in [6, 6.07) is 39.0. The van der Waals surface area contributed by atoms with Crippen molar-refractivity contribution in [1.29, 1.82) is 0 Å². The van der Waals surface area contributed by atoms with Crippen molar-refractivity contribution in [3.63, 3.8) is 0 Å². The van der Waals surface area contributed by atoms with Crippen LogP contribution in [0.2, 0.25) is 5.04 Å². The third-order valence-corrected chi connectivity index (χ3v) is 15.3. The molecule has 0 bridgehead atoms. The first-order valence-corrected chi connectivity index (χ1v) is 19.3. The van der Waals surface area contributed by atoms with Gasteiger partial charge < -0.3 is 14.1 Å². The van der Waals surface area contributed by atoms with E-state index in [0.717, 1.165) is 20.8 Å². The van der Waals surface area contributed by atoms with Gasteiger partial charge in [-0.15, -0.1) is 6.58 Å². The maximum absolute atomic E-state index is 14.3. The number of esters is 1. The highest BCUT2D eigenvalue weighted by Crippen LogP contribution is 2.53. The summed E-state index contributed by atoms with van der Waals surface area (Å²) in [5.41, 5.74) is 1.68. The van der Waals surface area contributed by atoms with Crippen molar-refractivity contribution in [3.05, 3.63) is 151 Å². The molecule has 5 nitrogen and oxygen atoms in total. The zero-order valence-corrected chi connectivity index (χ0v) is 30.1. The van der Waals surface area contributed by atoms with Crippen molar-refractivity contribution >= 4 is 42.3 Å². The van der Waals surface area contributed by atoms with Gasteiger partial charge in [-0.2, -0.15) is 0 Å². The first-order valence-electron chi connectivity index (χ1n) is 16.6. The third kappa shape index (κ3) is 7.14. The number of rotatable bonds is 14. The number of carbonyl (C=O) groups excluding carboxylic acids is 2. The van der Waals surface area contributed by atoms with Crippen LogP contribution < -0.4 is 10.4 Å². The molecule has 0 aromatic heterocycles. The molecule has 0 aliphatic carbocycles. The number of benzene rings is 4. The van der Waals surface area contributed by atoms with E-state index in [2.05, 4.69) is 94.1 Å². The van der Waals surface area contributed by atoms with E-state index < -0.39 is 25.3 Å². The standard InChI is InChI=1S/C41H45NO4SSi/c1-6-30-41(47-33-19-11-8-12-20-33)37-26-18-17-25-36(37)39(44)42(41)31-29-32(27-28-38(43)45-7-2)46-48(40(3,4)5,34-21-13-9-14-22-34)35-23-15-10-16-24-35/h6,8-28,32H,1,7,29-31H2,2-5H3/t32-,41?/m1/s1. The quantitative estimate of drug-likeness (QED) is 0.0585. The lowest BCUT2D eigenvalue weighted by molar-refractivity contribution is -0.137. The molecule has 7 heteroatoms. The molecule has 2 atom stereocenters. The fraction of sp³-hybridized carbons (Fsp3) is 0.268. The Morgan fingerprint density at radius 3 is 2.02 bits per heavy atom. The first kappa shape index (κ1) is 35.1. The molecule has 1 aliphatic rings. The summed E-state index contributed by atoms with van der Waals surface area (Å²) in [6.07, 6.45) is 5.73. The number of ether oxygens (including phenoxy) is 1. The minimum absolute atomic E-state index is 0.0190. The summed E-state index contributed by atoms with van der Waals surface area (Å²) in [5, 5.41) is 2.01. The Morgan fingerprint density at radius 2 is 1.46 bits per heavy atom. The van der Waals surface area contributed by atoms with Gasteiger partial charge in [0.05, 0.1) is 12.7 Å². The topological polar surface area (TPSA) is 55.8 Å². The summed E-state index contributed by atoms with van der Waals surface area (Å²) in [7, 11) is -3.00. The number of hydrogen-bond donors (Lipinski definition) is 0. The maximum atomic E-state index is 14.3. The molecule has 4 aromatic carbocycles. The second kappa shape index (κ2) is 15.4. The van der Waals surface area contributed by atoms with E-state index in [1.165, 1.54) is 6.08 Å². The predicted octanol–water partition coefficient (Wildman–Crippen LogP) is 8.12. The number of carbonyl (C=O) groups is 2. The van der Waals surface area contributed by atoms with Gasteiger partial charge in [0.15, 0.2) is 0 Å². The van der Waals surface area contributed by atoms with Crippen molar-refractivity contribution in [2.75, 3.05) is 13.2 Å².